The minimum absolute atomic E-state index is 0.0828. The van der Waals surface area contributed by atoms with E-state index in [0.717, 1.165) is 31.4 Å². The third-order valence-electron chi connectivity index (χ3n) is 3.78. The molecule has 98 valence electrons. The van der Waals surface area contributed by atoms with Crippen molar-refractivity contribution in [3.05, 3.63) is 24.3 Å². The lowest BCUT2D eigenvalue weighted by atomic mass is 9.85. The molecule has 0 radical (unpaired) electrons. The van der Waals surface area contributed by atoms with Gasteiger partial charge in [-0.2, -0.15) is 0 Å². The molecule has 1 aliphatic carbocycles. The molecule has 1 saturated carbocycles. The molecule has 0 saturated heterocycles. The molecule has 1 aliphatic rings. The standard InChI is InChI=1S/C14H20N2OS/c1-18-12-6-4-11(5-7-12)16-13(17)14(10-15)8-2-3-9-14/h4-7H,2-3,8-10,15H2,1H3,(H,16,17). The van der Waals surface area contributed by atoms with E-state index in [1.54, 1.807) is 11.8 Å². The molecule has 3 nitrogen and oxygen atoms in total. The van der Waals surface area contributed by atoms with Crippen molar-refractivity contribution in [1.82, 2.24) is 0 Å². The van der Waals surface area contributed by atoms with Gasteiger partial charge in [-0.15, -0.1) is 11.8 Å². The highest BCUT2D eigenvalue weighted by molar-refractivity contribution is 7.98. The maximum atomic E-state index is 12.3. The van der Waals surface area contributed by atoms with Crippen LogP contribution in [0.15, 0.2) is 29.2 Å². The number of amides is 1. The fraction of sp³-hybridized carbons (Fsp3) is 0.500. The average Bonchev–Trinajstić information content (AvgIpc) is 2.89. The number of rotatable bonds is 4. The number of benzene rings is 1. The first kappa shape index (κ1) is 13.4. The second-order valence-electron chi connectivity index (χ2n) is 4.87. The fourth-order valence-corrected chi connectivity index (χ4v) is 2.92. The van der Waals surface area contributed by atoms with Crippen molar-refractivity contribution in [3.63, 3.8) is 0 Å². The Balaban J connectivity index is 2.05. The Bertz CT molecular complexity index is 410. The average molecular weight is 264 g/mol. The van der Waals surface area contributed by atoms with Crippen LogP contribution in [0.2, 0.25) is 0 Å². The zero-order chi connectivity index (χ0) is 13.0. The largest absolute Gasteiger partial charge is 0.329 e. The van der Waals surface area contributed by atoms with Gasteiger partial charge in [0.1, 0.15) is 0 Å². The van der Waals surface area contributed by atoms with Gasteiger partial charge in [0, 0.05) is 17.1 Å². The summed E-state index contributed by atoms with van der Waals surface area (Å²) in [6.45, 7) is 0.446. The van der Waals surface area contributed by atoms with Gasteiger partial charge in [-0.3, -0.25) is 4.79 Å². The van der Waals surface area contributed by atoms with Crippen LogP contribution in [0.5, 0.6) is 0 Å². The lowest BCUT2D eigenvalue weighted by Crippen LogP contribution is -2.40. The topological polar surface area (TPSA) is 55.1 Å². The summed E-state index contributed by atoms with van der Waals surface area (Å²) in [5.41, 5.74) is 6.33. The van der Waals surface area contributed by atoms with Crippen LogP contribution < -0.4 is 11.1 Å². The molecular formula is C14H20N2OS. The van der Waals surface area contributed by atoms with Gasteiger partial charge in [-0.1, -0.05) is 12.8 Å². The van der Waals surface area contributed by atoms with Crippen molar-refractivity contribution in [1.29, 1.82) is 0 Å². The molecule has 1 fully saturated rings. The predicted octanol–water partition coefficient (Wildman–Crippen LogP) is 2.87. The highest BCUT2D eigenvalue weighted by Gasteiger charge is 2.39. The number of nitrogens with one attached hydrogen (secondary N) is 1. The number of hydrogen-bond donors (Lipinski definition) is 2. The van der Waals surface area contributed by atoms with Gasteiger partial charge in [0.2, 0.25) is 5.91 Å². The third kappa shape index (κ3) is 2.70. The number of carbonyl (C=O) groups excluding carboxylic acids is 1. The summed E-state index contributed by atoms with van der Waals surface area (Å²) < 4.78 is 0. The molecule has 0 unspecified atom stereocenters. The second-order valence-corrected chi connectivity index (χ2v) is 5.75. The molecule has 1 amide bonds. The molecule has 1 aromatic carbocycles. The van der Waals surface area contributed by atoms with Crippen LogP contribution in [0.4, 0.5) is 5.69 Å². The Morgan fingerprint density at radius 2 is 1.94 bits per heavy atom. The van der Waals surface area contributed by atoms with E-state index < -0.39 is 0 Å². The Hall–Kier alpha value is -1.00. The van der Waals surface area contributed by atoms with Gasteiger partial charge < -0.3 is 11.1 Å². The molecule has 3 N–H and O–H groups in total. The Kier molecular flexibility index (Phi) is 4.30. The maximum Gasteiger partial charge on any atom is 0.231 e. The SMILES string of the molecule is CSc1ccc(NC(=O)C2(CN)CCCC2)cc1. The third-order valence-corrected chi connectivity index (χ3v) is 4.52. The molecule has 0 aromatic heterocycles. The van der Waals surface area contributed by atoms with E-state index in [4.69, 9.17) is 5.73 Å². The van der Waals surface area contributed by atoms with Gasteiger partial charge in [0.05, 0.1) is 5.41 Å². The number of nitrogens with two attached hydrogens (primary N) is 1. The van der Waals surface area contributed by atoms with E-state index in [1.165, 1.54) is 4.90 Å². The number of thioether (sulfide) groups is 1. The quantitative estimate of drug-likeness (QED) is 0.822. The Labute approximate surface area is 113 Å². The summed E-state index contributed by atoms with van der Waals surface area (Å²) in [5.74, 6) is 0.0828. The van der Waals surface area contributed by atoms with E-state index in [0.29, 0.717) is 6.54 Å². The van der Waals surface area contributed by atoms with Crippen molar-refractivity contribution < 1.29 is 4.79 Å². The van der Waals surface area contributed by atoms with Crippen molar-refractivity contribution in [2.24, 2.45) is 11.1 Å². The fourth-order valence-electron chi connectivity index (χ4n) is 2.51. The van der Waals surface area contributed by atoms with E-state index >= 15 is 0 Å². The first-order valence-electron chi connectivity index (χ1n) is 6.36. The monoisotopic (exact) mass is 264 g/mol. The molecule has 0 atom stereocenters. The van der Waals surface area contributed by atoms with Crippen LogP contribution in [-0.4, -0.2) is 18.7 Å². The molecule has 0 spiro atoms. The van der Waals surface area contributed by atoms with Gasteiger partial charge in [0.15, 0.2) is 0 Å². The van der Waals surface area contributed by atoms with Gasteiger partial charge in [-0.05, 0) is 43.4 Å². The van der Waals surface area contributed by atoms with Crippen molar-refractivity contribution in [2.45, 2.75) is 30.6 Å². The minimum Gasteiger partial charge on any atom is -0.329 e. The number of carbonyl (C=O) groups is 1. The Morgan fingerprint density at radius 3 is 2.44 bits per heavy atom. The highest BCUT2D eigenvalue weighted by atomic mass is 32.2. The van der Waals surface area contributed by atoms with E-state index in [1.807, 2.05) is 30.5 Å². The molecule has 2 rings (SSSR count). The summed E-state index contributed by atoms with van der Waals surface area (Å²) in [5, 5.41) is 3.00. The Morgan fingerprint density at radius 1 is 1.33 bits per heavy atom. The van der Waals surface area contributed by atoms with E-state index in [-0.39, 0.29) is 11.3 Å². The van der Waals surface area contributed by atoms with Gasteiger partial charge >= 0.3 is 0 Å². The lowest BCUT2D eigenvalue weighted by molar-refractivity contribution is -0.124. The summed E-state index contributed by atoms with van der Waals surface area (Å²) >= 11 is 1.69. The summed E-state index contributed by atoms with van der Waals surface area (Å²) in [6, 6.07) is 7.93. The number of anilines is 1. The molecular weight excluding hydrogens is 244 g/mol. The summed E-state index contributed by atoms with van der Waals surface area (Å²) in [4.78, 5) is 13.5. The molecule has 0 aliphatic heterocycles. The van der Waals surface area contributed by atoms with E-state index in [2.05, 4.69) is 5.32 Å². The summed E-state index contributed by atoms with van der Waals surface area (Å²) in [7, 11) is 0. The van der Waals surface area contributed by atoms with Crippen LogP contribution in [-0.2, 0) is 4.79 Å². The molecule has 1 aromatic rings. The number of hydrogen-bond acceptors (Lipinski definition) is 3. The first-order valence-corrected chi connectivity index (χ1v) is 7.58. The summed E-state index contributed by atoms with van der Waals surface area (Å²) in [6.07, 6.45) is 6.08. The maximum absolute atomic E-state index is 12.3. The molecule has 0 bridgehead atoms. The zero-order valence-electron chi connectivity index (χ0n) is 10.7. The lowest BCUT2D eigenvalue weighted by Gasteiger charge is -2.25. The second kappa shape index (κ2) is 5.76. The zero-order valence-corrected chi connectivity index (χ0v) is 11.6. The van der Waals surface area contributed by atoms with Crippen LogP contribution in [0.3, 0.4) is 0 Å². The van der Waals surface area contributed by atoms with Crippen molar-refractivity contribution in [3.8, 4) is 0 Å². The molecule has 0 heterocycles. The van der Waals surface area contributed by atoms with Crippen LogP contribution in [0, 0.1) is 5.41 Å². The van der Waals surface area contributed by atoms with Crippen LogP contribution in [0.1, 0.15) is 25.7 Å². The van der Waals surface area contributed by atoms with Crippen LogP contribution >= 0.6 is 11.8 Å². The smallest absolute Gasteiger partial charge is 0.231 e. The predicted molar refractivity (Wildman–Crippen MR) is 76.8 cm³/mol. The minimum atomic E-state index is -0.335. The molecule has 18 heavy (non-hydrogen) atoms. The molecule has 4 heteroatoms. The van der Waals surface area contributed by atoms with Crippen molar-refractivity contribution >= 4 is 23.4 Å². The van der Waals surface area contributed by atoms with Crippen molar-refractivity contribution in [2.75, 3.05) is 18.1 Å². The van der Waals surface area contributed by atoms with Gasteiger partial charge in [0.25, 0.3) is 0 Å². The first-order chi connectivity index (χ1) is 8.70. The van der Waals surface area contributed by atoms with Gasteiger partial charge in [-0.25, -0.2) is 0 Å². The van der Waals surface area contributed by atoms with Crippen LogP contribution in [0.25, 0.3) is 0 Å². The highest BCUT2D eigenvalue weighted by Crippen LogP contribution is 2.38. The normalized spacial score (nSPS) is 17.7. The van der Waals surface area contributed by atoms with E-state index in [9.17, 15) is 4.79 Å².